The molecule has 5 rings (SSSR count). The minimum atomic E-state index is -1.13. The van der Waals surface area contributed by atoms with Crippen LogP contribution in [0.1, 0.15) is 96.3 Å². The molecule has 2 N–H and O–H groups in total. The lowest BCUT2D eigenvalue weighted by Gasteiger charge is -2.37. The predicted molar refractivity (Wildman–Crippen MR) is 175 cm³/mol. The van der Waals surface area contributed by atoms with Crippen molar-refractivity contribution in [1.29, 1.82) is 0 Å². The van der Waals surface area contributed by atoms with Gasteiger partial charge in [0, 0.05) is 43.2 Å². The molecule has 1 heterocycles. The fourth-order valence-corrected chi connectivity index (χ4v) is 9.60. The normalized spacial score (nSPS) is 31.0. The average molecular weight is 663 g/mol. The number of piperidine rings is 1. The SMILES string of the molecule is C=CCCCC(=O)C(=O)C(CCC=C)CC(=O)[C@@H]1[C@@H]2[C@H](CN1C(=O)[C@@H](NC(=O)NC1CC3CCC1C3)C1CCCCC1)C2(Cl)Cl. The molecule has 0 radical (unpaired) electrons. The Bertz CT molecular complexity index is 1180. The summed E-state index contributed by atoms with van der Waals surface area (Å²) in [4.78, 5) is 69.3. The van der Waals surface area contributed by atoms with Gasteiger partial charge in [-0.25, -0.2) is 4.79 Å². The molecule has 4 unspecified atom stereocenters. The van der Waals surface area contributed by atoms with Crippen LogP contribution in [0.15, 0.2) is 25.3 Å². The van der Waals surface area contributed by atoms with Gasteiger partial charge in [0.15, 0.2) is 11.6 Å². The molecule has 8 nitrogen and oxygen atoms in total. The lowest BCUT2D eigenvalue weighted by Crippen LogP contribution is -2.59. The minimum absolute atomic E-state index is 0.0310. The molecule has 0 aromatic heterocycles. The topological polar surface area (TPSA) is 113 Å². The van der Waals surface area contributed by atoms with Crippen molar-refractivity contribution < 1.29 is 24.0 Å². The summed E-state index contributed by atoms with van der Waals surface area (Å²) in [5, 5.41) is 6.21. The fraction of sp³-hybridized carbons (Fsp3) is 0.743. The van der Waals surface area contributed by atoms with Crippen LogP contribution < -0.4 is 10.6 Å². The Morgan fingerprint density at radius 1 is 0.956 bits per heavy atom. The molecule has 1 aliphatic heterocycles. The lowest BCUT2D eigenvalue weighted by molar-refractivity contribution is -0.143. The maximum Gasteiger partial charge on any atom is 0.315 e. The zero-order valence-corrected chi connectivity index (χ0v) is 27.8. The maximum atomic E-state index is 14.4. The van der Waals surface area contributed by atoms with Crippen LogP contribution in [0, 0.1) is 35.5 Å². The molecule has 4 saturated carbocycles. The highest BCUT2D eigenvalue weighted by molar-refractivity contribution is 6.51. The second-order valence-electron chi connectivity index (χ2n) is 14.2. The van der Waals surface area contributed by atoms with E-state index in [-0.39, 0.29) is 55.0 Å². The van der Waals surface area contributed by atoms with Crippen molar-refractivity contribution in [2.45, 2.75) is 119 Å². The Hall–Kier alpha value is -2.19. The number of urea groups is 1. The number of halogens is 2. The van der Waals surface area contributed by atoms with Crippen molar-refractivity contribution in [1.82, 2.24) is 15.5 Å². The summed E-state index contributed by atoms with van der Waals surface area (Å²) in [5.41, 5.74) is 0. The molecule has 5 fully saturated rings. The lowest BCUT2D eigenvalue weighted by atomic mass is 9.82. The third kappa shape index (κ3) is 7.53. The highest BCUT2D eigenvalue weighted by atomic mass is 35.5. The van der Waals surface area contributed by atoms with E-state index in [2.05, 4.69) is 23.8 Å². The predicted octanol–water partition coefficient (Wildman–Crippen LogP) is 6.09. The van der Waals surface area contributed by atoms with E-state index < -0.39 is 39.8 Å². The number of likely N-dealkylation sites (tertiary alicyclic amines) is 1. The van der Waals surface area contributed by atoms with Gasteiger partial charge < -0.3 is 15.5 Å². The van der Waals surface area contributed by atoms with E-state index in [0.717, 1.165) is 51.4 Å². The van der Waals surface area contributed by atoms with Crippen molar-refractivity contribution in [2.24, 2.45) is 35.5 Å². The summed E-state index contributed by atoms with van der Waals surface area (Å²) in [5.74, 6) is -2.02. The number of amides is 3. The number of allylic oxidation sites excluding steroid dienone is 2. The fourth-order valence-electron chi connectivity index (χ4n) is 8.77. The number of unbranched alkanes of at least 4 members (excludes halogenated alkanes) is 1. The number of carbonyl (C=O) groups excluding carboxylic acids is 5. The molecule has 1 saturated heterocycles. The number of nitrogens with one attached hydrogen (secondary N) is 2. The number of ketones is 3. The van der Waals surface area contributed by atoms with Crippen molar-refractivity contribution in [2.75, 3.05) is 6.54 Å². The van der Waals surface area contributed by atoms with Gasteiger partial charge in [-0.15, -0.1) is 36.4 Å². The van der Waals surface area contributed by atoms with Crippen LogP contribution in [0.2, 0.25) is 0 Å². The summed E-state index contributed by atoms with van der Waals surface area (Å²) in [7, 11) is 0. The smallest absolute Gasteiger partial charge is 0.315 e. The van der Waals surface area contributed by atoms with Crippen LogP contribution in [0.5, 0.6) is 0 Å². The Kier molecular flexibility index (Phi) is 11.2. The van der Waals surface area contributed by atoms with Crippen LogP contribution >= 0.6 is 23.2 Å². The zero-order valence-electron chi connectivity index (χ0n) is 26.3. The summed E-state index contributed by atoms with van der Waals surface area (Å²) < 4.78 is -1.13. The van der Waals surface area contributed by atoms with Gasteiger partial charge >= 0.3 is 6.03 Å². The zero-order chi connectivity index (χ0) is 32.3. The first-order chi connectivity index (χ1) is 21.6. The second kappa shape index (κ2) is 14.7. The van der Waals surface area contributed by atoms with Crippen molar-refractivity contribution in [3.05, 3.63) is 25.3 Å². The Balaban J connectivity index is 1.31. The molecule has 5 aliphatic rings. The number of carbonyl (C=O) groups is 5. The Labute approximate surface area is 277 Å². The standard InChI is InChI=1S/C35H49Cl2N3O5/c1-3-5-8-14-27(41)32(43)24(11-6-4-2)19-28(42)31-29-25(35(29,36)37)20-40(31)33(44)30(22-12-9-7-10-13-22)39-34(45)38-26-18-21-15-16-23(26)17-21/h3-4,21-26,29-31H,1-2,5-20H2,(H2,38,39,45)/t21?,23?,24?,25-,26?,29-,30-,31+/m0/s1. The molecule has 3 amide bonds. The van der Waals surface area contributed by atoms with E-state index >= 15 is 0 Å². The van der Waals surface area contributed by atoms with E-state index in [0.29, 0.717) is 37.5 Å². The second-order valence-corrected chi connectivity index (χ2v) is 15.7. The van der Waals surface area contributed by atoms with Crippen LogP contribution in [0.4, 0.5) is 4.79 Å². The van der Waals surface area contributed by atoms with E-state index in [1.165, 1.54) is 6.42 Å². The number of fused-ring (bicyclic) bond motifs is 3. The number of hydrogen-bond donors (Lipinski definition) is 2. The monoisotopic (exact) mass is 661 g/mol. The third-order valence-corrected chi connectivity index (χ3v) is 12.4. The summed E-state index contributed by atoms with van der Waals surface area (Å²) in [6.45, 7) is 7.62. The van der Waals surface area contributed by atoms with Gasteiger partial charge in [0.05, 0.1) is 6.04 Å². The number of nitrogens with zero attached hydrogens (tertiary/aromatic N) is 1. The van der Waals surface area contributed by atoms with E-state index in [9.17, 15) is 24.0 Å². The van der Waals surface area contributed by atoms with Crippen molar-refractivity contribution >= 4 is 52.5 Å². The first-order valence-corrected chi connectivity index (χ1v) is 17.9. The first kappa shape index (κ1) is 34.2. The molecule has 10 heteroatoms. The molecule has 248 valence electrons. The molecule has 0 spiro atoms. The summed E-state index contributed by atoms with van der Waals surface area (Å²) in [6, 6.07) is -1.86. The van der Waals surface area contributed by atoms with Crippen molar-refractivity contribution in [3.63, 3.8) is 0 Å². The molecule has 45 heavy (non-hydrogen) atoms. The van der Waals surface area contributed by atoms with E-state index in [1.54, 1.807) is 17.1 Å². The molecular weight excluding hydrogens is 613 g/mol. The van der Waals surface area contributed by atoms with Gasteiger partial charge in [0.2, 0.25) is 11.7 Å². The highest BCUT2D eigenvalue weighted by Gasteiger charge is 2.73. The van der Waals surface area contributed by atoms with Crippen molar-refractivity contribution in [3.8, 4) is 0 Å². The molecule has 2 bridgehead atoms. The Morgan fingerprint density at radius 3 is 2.33 bits per heavy atom. The number of alkyl halides is 2. The largest absolute Gasteiger partial charge is 0.335 e. The van der Waals surface area contributed by atoms with E-state index in [4.69, 9.17) is 23.2 Å². The van der Waals surface area contributed by atoms with Crippen LogP contribution in [0.25, 0.3) is 0 Å². The molecule has 0 aromatic carbocycles. The quantitative estimate of drug-likeness (QED) is 0.0900. The first-order valence-electron chi connectivity index (χ1n) is 17.1. The van der Waals surface area contributed by atoms with Gasteiger partial charge in [-0.1, -0.05) is 37.8 Å². The number of hydrogen-bond acceptors (Lipinski definition) is 5. The van der Waals surface area contributed by atoms with Gasteiger partial charge in [-0.05, 0) is 75.5 Å². The average Bonchev–Trinajstić information content (AvgIpc) is 3.54. The minimum Gasteiger partial charge on any atom is -0.335 e. The molecule has 8 atom stereocenters. The summed E-state index contributed by atoms with van der Waals surface area (Å²) >= 11 is 13.2. The molecular formula is C35H49Cl2N3O5. The Morgan fingerprint density at radius 2 is 1.69 bits per heavy atom. The summed E-state index contributed by atoms with van der Waals surface area (Å²) in [6.07, 6.45) is 14.5. The number of Topliss-reactive ketones (excluding diaryl/α,β-unsaturated/α-hetero) is 3. The van der Waals surface area contributed by atoms with Crippen LogP contribution in [-0.2, 0) is 19.2 Å². The number of rotatable bonds is 16. The maximum absolute atomic E-state index is 14.4. The van der Waals surface area contributed by atoms with Gasteiger partial charge in [0.1, 0.15) is 10.4 Å². The van der Waals surface area contributed by atoms with Gasteiger partial charge in [0.25, 0.3) is 0 Å². The molecule has 0 aromatic rings. The third-order valence-electron chi connectivity index (χ3n) is 11.3. The van der Waals surface area contributed by atoms with Crippen LogP contribution in [-0.4, -0.2) is 63.2 Å². The van der Waals surface area contributed by atoms with E-state index in [1.807, 2.05) is 0 Å². The highest BCUT2D eigenvalue weighted by Crippen LogP contribution is 2.65. The van der Waals surface area contributed by atoms with Crippen LogP contribution in [0.3, 0.4) is 0 Å². The van der Waals surface area contributed by atoms with Gasteiger partial charge in [-0.2, -0.15) is 0 Å². The van der Waals surface area contributed by atoms with Gasteiger partial charge in [-0.3, -0.25) is 19.2 Å². The molecule has 4 aliphatic carbocycles.